The van der Waals surface area contributed by atoms with Crippen LogP contribution in [-0.2, 0) is 15.6 Å². The van der Waals surface area contributed by atoms with Gasteiger partial charge >= 0.3 is 5.69 Å². The highest BCUT2D eigenvalue weighted by molar-refractivity contribution is 6.74. The lowest BCUT2D eigenvalue weighted by atomic mass is 9.98. The average molecular weight is 466 g/mol. The Morgan fingerprint density at radius 1 is 1.28 bits per heavy atom. The molecule has 1 rings (SSSR count). The van der Waals surface area contributed by atoms with E-state index < -0.39 is 19.2 Å². The summed E-state index contributed by atoms with van der Waals surface area (Å²) in [4.78, 5) is 25.5. The van der Waals surface area contributed by atoms with Crippen LogP contribution in [0.3, 0.4) is 0 Å². The van der Waals surface area contributed by atoms with Crippen LogP contribution in [-0.4, -0.2) is 58.0 Å². The predicted molar refractivity (Wildman–Crippen MR) is 124 cm³/mol. The smallest absolute Gasteiger partial charge is 0.315 e. The van der Waals surface area contributed by atoms with E-state index in [2.05, 4.69) is 33.9 Å². The summed E-state index contributed by atoms with van der Waals surface area (Å²) in [6.45, 7) is 13.8. The first kappa shape index (κ1) is 27.4. The largest absolute Gasteiger partial charge is 0.493 e. The zero-order chi connectivity index (χ0) is 24.7. The Hall–Kier alpha value is -2.64. The Balaban J connectivity index is 3.01. The highest BCUT2D eigenvalue weighted by Crippen LogP contribution is 2.39. The van der Waals surface area contributed by atoms with Crippen LogP contribution in [0.2, 0.25) is 18.1 Å². The molecule has 0 N–H and O–H groups in total. The normalized spacial score (nSPS) is 12.6. The van der Waals surface area contributed by atoms with Gasteiger partial charge in [-0.1, -0.05) is 20.8 Å². The number of methoxy groups -OCH3 is 2. The predicted octanol–water partition coefficient (Wildman–Crippen LogP) is 4.16. The topological polar surface area (TPSA) is 115 Å². The van der Waals surface area contributed by atoms with E-state index in [1.807, 2.05) is 13.0 Å². The molecule has 1 atom stereocenters. The standard InChI is InChI=1S/C22H35N3O6Si/c1-9-24(10-11-31-32(7,8)22(2,3)4)21(26)17(15-23)12-16-13-18(25(27)28)20(30-6)19(14-16)29-5/h13-14,17H,9-12H2,1-8H3. The zero-order valence-electron chi connectivity index (χ0n) is 20.4. The van der Waals surface area contributed by atoms with Crippen molar-refractivity contribution >= 4 is 19.9 Å². The summed E-state index contributed by atoms with van der Waals surface area (Å²) in [6, 6.07) is 4.92. The number of nitro groups is 1. The van der Waals surface area contributed by atoms with E-state index in [-0.39, 0.29) is 34.6 Å². The zero-order valence-corrected chi connectivity index (χ0v) is 21.4. The van der Waals surface area contributed by atoms with E-state index in [1.54, 1.807) is 11.0 Å². The molecule has 0 saturated carbocycles. The van der Waals surface area contributed by atoms with E-state index in [0.29, 0.717) is 25.3 Å². The fraction of sp³-hybridized carbons (Fsp3) is 0.636. The molecule has 0 bridgehead atoms. The Morgan fingerprint density at radius 3 is 2.34 bits per heavy atom. The molecule has 0 aliphatic heterocycles. The Morgan fingerprint density at radius 2 is 1.91 bits per heavy atom. The van der Waals surface area contributed by atoms with Gasteiger partial charge in [0.15, 0.2) is 14.1 Å². The lowest BCUT2D eigenvalue weighted by molar-refractivity contribution is -0.385. The fourth-order valence-electron chi connectivity index (χ4n) is 2.95. The molecule has 1 aromatic carbocycles. The van der Waals surface area contributed by atoms with Crippen LogP contribution in [0, 0.1) is 27.4 Å². The van der Waals surface area contributed by atoms with E-state index in [9.17, 15) is 20.2 Å². The molecule has 0 aromatic heterocycles. The van der Waals surface area contributed by atoms with E-state index in [1.165, 1.54) is 20.3 Å². The molecule has 178 valence electrons. The van der Waals surface area contributed by atoms with Gasteiger partial charge in [0.05, 0.1) is 31.8 Å². The third kappa shape index (κ3) is 6.68. The number of nitrogens with zero attached hydrogens (tertiary/aromatic N) is 3. The highest BCUT2D eigenvalue weighted by Gasteiger charge is 2.37. The minimum absolute atomic E-state index is 0.000882. The van der Waals surface area contributed by atoms with Gasteiger partial charge in [-0.15, -0.1) is 0 Å². The van der Waals surface area contributed by atoms with Crippen LogP contribution in [0.5, 0.6) is 11.5 Å². The number of rotatable bonds is 11. The van der Waals surface area contributed by atoms with Crippen molar-refractivity contribution in [2.75, 3.05) is 33.9 Å². The van der Waals surface area contributed by atoms with Gasteiger partial charge in [-0.05, 0) is 43.1 Å². The number of nitriles is 1. The van der Waals surface area contributed by atoms with Gasteiger partial charge in [-0.25, -0.2) is 0 Å². The molecule has 0 aliphatic rings. The van der Waals surface area contributed by atoms with Crippen LogP contribution in [0.1, 0.15) is 33.3 Å². The van der Waals surface area contributed by atoms with Crippen LogP contribution in [0.25, 0.3) is 0 Å². The molecule has 1 amide bonds. The first-order valence-corrected chi connectivity index (χ1v) is 13.4. The molecule has 0 saturated heterocycles. The lowest BCUT2D eigenvalue weighted by Crippen LogP contribution is -2.44. The summed E-state index contributed by atoms with van der Waals surface area (Å²) in [7, 11) is 0.746. The van der Waals surface area contributed by atoms with Crippen LogP contribution in [0.4, 0.5) is 5.69 Å². The first-order valence-electron chi connectivity index (χ1n) is 10.5. The summed E-state index contributed by atoms with van der Waals surface area (Å²) >= 11 is 0. The van der Waals surface area contributed by atoms with Crippen LogP contribution >= 0.6 is 0 Å². The minimum Gasteiger partial charge on any atom is -0.493 e. The SMILES string of the molecule is CCN(CCO[Si](C)(C)C(C)(C)C)C(=O)C(C#N)Cc1cc(OC)c(OC)c([N+](=O)[O-])c1. The van der Waals surface area contributed by atoms with E-state index >= 15 is 0 Å². The van der Waals surface area contributed by atoms with Crippen molar-refractivity contribution in [1.29, 1.82) is 5.26 Å². The monoisotopic (exact) mass is 465 g/mol. The third-order valence-corrected chi connectivity index (χ3v) is 10.5. The van der Waals surface area contributed by atoms with Crippen LogP contribution in [0.15, 0.2) is 12.1 Å². The number of hydrogen-bond acceptors (Lipinski definition) is 7. The number of ether oxygens (including phenoxy) is 2. The van der Waals surface area contributed by atoms with Crippen molar-refractivity contribution in [2.45, 2.75) is 52.2 Å². The number of carbonyl (C=O) groups excluding carboxylic acids is 1. The second-order valence-electron chi connectivity index (χ2n) is 9.02. The number of likely N-dealkylation sites (N-methyl/N-ethyl adjacent to an activating group) is 1. The molecule has 9 nitrogen and oxygen atoms in total. The summed E-state index contributed by atoms with van der Waals surface area (Å²) in [5, 5.41) is 21.2. The van der Waals surface area contributed by atoms with Crippen molar-refractivity contribution in [3.8, 4) is 17.6 Å². The Labute approximate surface area is 191 Å². The molecule has 0 radical (unpaired) electrons. The van der Waals surface area contributed by atoms with E-state index in [0.717, 1.165) is 0 Å². The van der Waals surface area contributed by atoms with Gasteiger partial charge in [0.2, 0.25) is 11.7 Å². The minimum atomic E-state index is -1.95. The molecule has 0 heterocycles. The van der Waals surface area contributed by atoms with Crippen molar-refractivity contribution in [2.24, 2.45) is 5.92 Å². The number of benzene rings is 1. The number of carbonyl (C=O) groups is 1. The summed E-state index contributed by atoms with van der Waals surface area (Å²) in [5.41, 5.74) is 0.170. The number of hydrogen-bond donors (Lipinski definition) is 0. The van der Waals surface area contributed by atoms with Gasteiger partial charge in [-0.3, -0.25) is 14.9 Å². The Kier molecular flexibility index (Phi) is 9.66. The van der Waals surface area contributed by atoms with E-state index in [4.69, 9.17) is 13.9 Å². The fourth-order valence-corrected chi connectivity index (χ4v) is 3.98. The summed E-state index contributed by atoms with van der Waals surface area (Å²) in [5.74, 6) is -1.14. The maximum Gasteiger partial charge on any atom is 0.315 e. The van der Waals surface area contributed by atoms with Crippen LogP contribution < -0.4 is 9.47 Å². The van der Waals surface area contributed by atoms with Crippen molar-refractivity contribution < 1.29 is 23.6 Å². The van der Waals surface area contributed by atoms with Gasteiger partial charge in [0.25, 0.3) is 0 Å². The maximum absolute atomic E-state index is 13.0. The van der Waals surface area contributed by atoms with Gasteiger partial charge in [0.1, 0.15) is 5.92 Å². The molecule has 1 unspecified atom stereocenters. The summed E-state index contributed by atoms with van der Waals surface area (Å²) < 4.78 is 16.5. The van der Waals surface area contributed by atoms with Gasteiger partial charge in [-0.2, -0.15) is 5.26 Å². The quantitative estimate of drug-likeness (QED) is 0.274. The molecule has 0 spiro atoms. The van der Waals surface area contributed by atoms with Crippen molar-refractivity contribution in [3.05, 3.63) is 27.8 Å². The number of amides is 1. The second-order valence-corrected chi connectivity index (χ2v) is 13.8. The highest BCUT2D eigenvalue weighted by atomic mass is 28.4. The molecule has 0 aliphatic carbocycles. The molecular formula is C22H35N3O6Si. The molecule has 1 aromatic rings. The van der Waals surface area contributed by atoms with Gasteiger partial charge < -0.3 is 18.8 Å². The van der Waals surface area contributed by atoms with Gasteiger partial charge in [0, 0.05) is 19.2 Å². The second kappa shape index (κ2) is 11.3. The maximum atomic E-state index is 13.0. The van der Waals surface area contributed by atoms with Crippen molar-refractivity contribution in [3.63, 3.8) is 0 Å². The average Bonchev–Trinajstić information content (AvgIpc) is 2.72. The first-order chi connectivity index (χ1) is 14.8. The van der Waals surface area contributed by atoms with Crippen molar-refractivity contribution in [1.82, 2.24) is 4.90 Å². The Bertz CT molecular complexity index is 860. The molecule has 32 heavy (non-hydrogen) atoms. The molecule has 10 heteroatoms. The number of nitro benzene ring substituents is 1. The molecular weight excluding hydrogens is 430 g/mol. The lowest BCUT2D eigenvalue weighted by Gasteiger charge is -2.37. The summed E-state index contributed by atoms with van der Waals surface area (Å²) in [6.07, 6.45) is 0.0239. The third-order valence-electron chi connectivity index (χ3n) is 5.93. The molecule has 0 fully saturated rings.